The molecule has 0 spiro atoms. The molecule has 0 saturated heterocycles. The lowest BCUT2D eigenvalue weighted by molar-refractivity contribution is -0.148. The Morgan fingerprint density at radius 2 is 2.31 bits per heavy atom. The fraction of sp³-hybridized carbons (Fsp3) is 0.778. The van der Waals surface area contributed by atoms with E-state index in [0.29, 0.717) is 12.8 Å². The molecule has 2 atom stereocenters. The van der Waals surface area contributed by atoms with Gasteiger partial charge in [0.05, 0.1) is 11.5 Å². The molecule has 2 N–H and O–H groups in total. The quantitative estimate of drug-likeness (QED) is 0.625. The maximum atomic E-state index is 10.9. The number of hydrogen-bond donors (Lipinski definition) is 2. The van der Waals surface area contributed by atoms with Crippen molar-refractivity contribution in [3.8, 4) is 0 Å². The molecule has 1 aliphatic carbocycles. The molecule has 1 fully saturated rings. The summed E-state index contributed by atoms with van der Waals surface area (Å²) in [7, 11) is 1.65. The smallest absolute Gasteiger partial charge is 0.308 e. The van der Waals surface area contributed by atoms with Crippen LogP contribution in [0.3, 0.4) is 0 Å². The first kappa shape index (κ1) is 10.2. The molecule has 0 aromatic heterocycles. The van der Waals surface area contributed by atoms with Crippen LogP contribution in [0.25, 0.3) is 0 Å². The molecule has 1 aliphatic rings. The minimum Gasteiger partial charge on any atom is -0.481 e. The summed E-state index contributed by atoms with van der Waals surface area (Å²) in [6.45, 7) is 0. The van der Waals surface area contributed by atoms with Crippen LogP contribution in [-0.2, 0) is 9.59 Å². The Kier molecular flexibility index (Phi) is 3.03. The Morgan fingerprint density at radius 1 is 1.62 bits per heavy atom. The molecule has 4 heteroatoms. The second kappa shape index (κ2) is 3.87. The van der Waals surface area contributed by atoms with Crippen LogP contribution >= 0.6 is 0 Å². The van der Waals surface area contributed by atoms with E-state index in [1.165, 1.54) is 0 Å². The first-order valence-corrected chi connectivity index (χ1v) is 4.54. The average molecular weight is 185 g/mol. The van der Waals surface area contributed by atoms with Gasteiger partial charge in [0.25, 0.3) is 0 Å². The van der Waals surface area contributed by atoms with E-state index >= 15 is 0 Å². The molecule has 0 heterocycles. The molecular weight excluding hydrogens is 170 g/mol. The molecule has 13 heavy (non-hydrogen) atoms. The minimum atomic E-state index is -0.874. The van der Waals surface area contributed by atoms with Crippen LogP contribution in [0.2, 0.25) is 0 Å². The van der Waals surface area contributed by atoms with Crippen LogP contribution in [-0.4, -0.2) is 29.9 Å². The molecule has 0 amide bonds. The van der Waals surface area contributed by atoms with Crippen LogP contribution in [0.15, 0.2) is 0 Å². The third-order valence-corrected chi connectivity index (χ3v) is 2.93. The van der Waals surface area contributed by atoms with Gasteiger partial charge in [-0.25, -0.2) is 0 Å². The van der Waals surface area contributed by atoms with Gasteiger partial charge in [-0.2, -0.15) is 0 Å². The zero-order valence-electron chi connectivity index (χ0n) is 7.75. The van der Waals surface area contributed by atoms with Crippen molar-refractivity contribution in [1.82, 2.24) is 5.32 Å². The van der Waals surface area contributed by atoms with E-state index in [2.05, 4.69) is 5.32 Å². The lowest BCUT2D eigenvalue weighted by atomic mass is 9.73. The number of aliphatic carboxylic acids is 1. The normalized spacial score (nSPS) is 34.1. The van der Waals surface area contributed by atoms with Gasteiger partial charge in [-0.1, -0.05) is 12.8 Å². The molecule has 0 aliphatic heterocycles. The topological polar surface area (TPSA) is 66.4 Å². The van der Waals surface area contributed by atoms with E-state index in [0.717, 1.165) is 19.1 Å². The predicted octanol–water partition coefficient (Wildman–Crippen LogP) is 0.418. The Bertz CT molecular complexity index is 217. The minimum absolute atomic E-state index is 0.566. The van der Waals surface area contributed by atoms with E-state index in [1.807, 2.05) is 0 Å². The van der Waals surface area contributed by atoms with Crippen molar-refractivity contribution in [3.63, 3.8) is 0 Å². The van der Waals surface area contributed by atoms with Gasteiger partial charge < -0.3 is 15.2 Å². The lowest BCUT2D eigenvalue weighted by Crippen LogP contribution is -2.55. The van der Waals surface area contributed by atoms with Crippen molar-refractivity contribution < 1.29 is 14.7 Å². The second-order valence-electron chi connectivity index (χ2n) is 3.54. The first-order chi connectivity index (χ1) is 6.16. The van der Waals surface area contributed by atoms with Gasteiger partial charge in [-0.05, 0) is 19.9 Å². The van der Waals surface area contributed by atoms with E-state index in [4.69, 9.17) is 5.11 Å². The van der Waals surface area contributed by atoms with Gasteiger partial charge in [0.2, 0.25) is 0 Å². The van der Waals surface area contributed by atoms with E-state index < -0.39 is 17.4 Å². The van der Waals surface area contributed by atoms with Gasteiger partial charge in [0.1, 0.15) is 6.29 Å². The molecule has 0 bridgehead atoms. The Labute approximate surface area is 77.3 Å². The number of carbonyl (C=O) groups excluding carboxylic acids is 1. The van der Waals surface area contributed by atoms with Crippen molar-refractivity contribution in [2.45, 2.75) is 31.2 Å². The number of carboxylic acid groups (broad SMARTS) is 1. The number of hydrogen-bond acceptors (Lipinski definition) is 3. The number of carboxylic acids is 1. The van der Waals surface area contributed by atoms with Crippen LogP contribution < -0.4 is 5.32 Å². The SMILES string of the molecule is CNC1(C=O)CCCCC1C(=O)O. The average Bonchev–Trinajstić information content (AvgIpc) is 2.17. The summed E-state index contributed by atoms with van der Waals surface area (Å²) in [6.07, 6.45) is 3.79. The van der Waals surface area contributed by atoms with Gasteiger partial charge in [-0.15, -0.1) is 0 Å². The predicted molar refractivity (Wildman–Crippen MR) is 47.4 cm³/mol. The summed E-state index contributed by atoms with van der Waals surface area (Å²) in [4.78, 5) is 21.8. The number of nitrogens with one attached hydrogen (secondary N) is 1. The first-order valence-electron chi connectivity index (χ1n) is 4.54. The highest BCUT2D eigenvalue weighted by atomic mass is 16.4. The maximum Gasteiger partial charge on any atom is 0.308 e. The lowest BCUT2D eigenvalue weighted by Gasteiger charge is -2.37. The molecule has 1 saturated carbocycles. The largest absolute Gasteiger partial charge is 0.481 e. The number of carbonyl (C=O) groups is 2. The highest BCUT2D eigenvalue weighted by molar-refractivity contribution is 5.80. The van der Waals surface area contributed by atoms with E-state index in [-0.39, 0.29) is 0 Å². The highest BCUT2D eigenvalue weighted by Gasteiger charge is 2.43. The number of rotatable bonds is 3. The van der Waals surface area contributed by atoms with E-state index in [1.54, 1.807) is 7.05 Å². The van der Waals surface area contributed by atoms with Crippen molar-refractivity contribution >= 4 is 12.3 Å². The zero-order valence-corrected chi connectivity index (χ0v) is 7.75. The number of aldehydes is 1. The summed E-state index contributed by atoms with van der Waals surface area (Å²) in [6, 6.07) is 0. The third-order valence-electron chi connectivity index (χ3n) is 2.93. The van der Waals surface area contributed by atoms with Gasteiger partial charge in [0, 0.05) is 0 Å². The molecule has 0 aromatic rings. The van der Waals surface area contributed by atoms with Crippen molar-refractivity contribution in [1.29, 1.82) is 0 Å². The summed E-state index contributed by atoms with van der Waals surface area (Å²) in [5.41, 5.74) is -0.829. The maximum absolute atomic E-state index is 10.9. The molecular formula is C9H15NO3. The Hall–Kier alpha value is -0.900. The van der Waals surface area contributed by atoms with E-state index in [9.17, 15) is 9.59 Å². The van der Waals surface area contributed by atoms with Crippen LogP contribution in [0, 0.1) is 5.92 Å². The highest BCUT2D eigenvalue weighted by Crippen LogP contribution is 2.32. The molecule has 74 valence electrons. The molecule has 4 nitrogen and oxygen atoms in total. The van der Waals surface area contributed by atoms with Crippen molar-refractivity contribution in [2.24, 2.45) is 5.92 Å². The summed E-state index contributed by atoms with van der Waals surface area (Å²) in [5, 5.41) is 11.8. The molecule has 1 rings (SSSR count). The van der Waals surface area contributed by atoms with Gasteiger partial charge in [0.15, 0.2) is 0 Å². The van der Waals surface area contributed by atoms with Crippen molar-refractivity contribution in [3.05, 3.63) is 0 Å². The molecule has 2 unspecified atom stereocenters. The standard InChI is InChI=1S/C9H15NO3/c1-10-9(6-11)5-3-2-4-7(9)8(12)13/h6-7,10H,2-5H2,1H3,(H,12,13). The van der Waals surface area contributed by atoms with Crippen molar-refractivity contribution in [2.75, 3.05) is 7.05 Å². The zero-order chi connectivity index (χ0) is 9.90. The summed E-state index contributed by atoms with van der Waals surface area (Å²) >= 11 is 0. The molecule has 0 radical (unpaired) electrons. The fourth-order valence-electron chi connectivity index (χ4n) is 2.04. The van der Waals surface area contributed by atoms with Gasteiger partial charge in [-0.3, -0.25) is 4.79 Å². The Balaban J connectivity index is 2.87. The molecule has 0 aromatic carbocycles. The second-order valence-corrected chi connectivity index (χ2v) is 3.54. The number of likely N-dealkylation sites (N-methyl/N-ethyl adjacent to an activating group) is 1. The summed E-state index contributed by atoms with van der Waals surface area (Å²) < 4.78 is 0. The van der Waals surface area contributed by atoms with Crippen LogP contribution in [0.4, 0.5) is 0 Å². The fourth-order valence-corrected chi connectivity index (χ4v) is 2.04. The monoisotopic (exact) mass is 185 g/mol. The van der Waals surface area contributed by atoms with Crippen LogP contribution in [0.5, 0.6) is 0 Å². The summed E-state index contributed by atoms with van der Waals surface area (Å²) in [5.74, 6) is -1.44. The van der Waals surface area contributed by atoms with Crippen LogP contribution in [0.1, 0.15) is 25.7 Å². The third kappa shape index (κ3) is 1.72. The Morgan fingerprint density at radius 3 is 2.69 bits per heavy atom. The van der Waals surface area contributed by atoms with Gasteiger partial charge >= 0.3 is 5.97 Å².